The lowest BCUT2D eigenvalue weighted by Gasteiger charge is -2.22. The number of fused-ring (bicyclic) bond motifs is 1. The van der Waals surface area contributed by atoms with Gasteiger partial charge in [0.2, 0.25) is 0 Å². The van der Waals surface area contributed by atoms with Crippen LogP contribution in [0.2, 0.25) is 0 Å². The first kappa shape index (κ1) is 13.4. The van der Waals surface area contributed by atoms with Crippen LogP contribution < -0.4 is 4.74 Å². The van der Waals surface area contributed by atoms with E-state index in [0.29, 0.717) is 23.5 Å². The molecule has 2 aromatic carbocycles. The second-order valence-electron chi connectivity index (χ2n) is 5.30. The number of hydrogen-bond donors (Lipinski definition) is 3. The van der Waals surface area contributed by atoms with Crippen molar-refractivity contribution < 1.29 is 20.1 Å². The van der Waals surface area contributed by atoms with Gasteiger partial charge in [0.1, 0.15) is 11.5 Å². The van der Waals surface area contributed by atoms with Crippen LogP contribution in [0.5, 0.6) is 17.2 Å². The van der Waals surface area contributed by atoms with Crippen molar-refractivity contribution in [1.29, 1.82) is 0 Å². The summed E-state index contributed by atoms with van der Waals surface area (Å²) in [6.45, 7) is 4.02. The minimum atomic E-state index is -0.248. The molecule has 0 saturated carbocycles. The molecule has 108 valence electrons. The van der Waals surface area contributed by atoms with Crippen LogP contribution in [-0.2, 0) is 6.42 Å². The Hall–Kier alpha value is -2.62. The third kappa shape index (κ3) is 2.29. The number of aliphatic hydroxyl groups excluding tert-OH is 1. The maximum atomic E-state index is 10.2. The van der Waals surface area contributed by atoms with Gasteiger partial charge >= 0.3 is 0 Å². The third-order valence-electron chi connectivity index (χ3n) is 3.75. The molecule has 4 heteroatoms. The van der Waals surface area contributed by atoms with Crippen molar-refractivity contribution in [3.63, 3.8) is 0 Å². The molecule has 0 saturated heterocycles. The summed E-state index contributed by atoms with van der Waals surface area (Å²) in [5.41, 5.74) is 3.72. The van der Waals surface area contributed by atoms with Crippen molar-refractivity contribution in [2.45, 2.75) is 20.3 Å². The average molecular weight is 284 g/mol. The summed E-state index contributed by atoms with van der Waals surface area (Å²) in [4.78, 5) is 0. The molecule has 21 heavy (non-hydrogen) atoms. The number of benzene rings is 2. The van der Waals surface area contributed by atoms with E-state index < -0.39 is 0 Å². The molecule has 2 aromatic rings. The molecule has 1 aliphatic rings. The van der Waals surface area contributed by atoms with Crippen LogP contribution in [0.3, 0.4) is 0 Å². The second kappa shape index (κ2) is 4.74. The van der Waals surface area contributed by atoms with E-state index >= 15 is 0 Å². The lowest BCUT2D eigenvalue weighted by Crippen LogP contribution is -2.10. The summed E-state index contributed by atoms with van der Waals surface area (Å²) in [6.07, 6.45) is 0.382. The zero-order chi connectivity index (χ0) is 15.1. The minimum absolute atomic E-state index is 0.107. The molecule has 0 spiro atoms. The Morgan fingerprint density at radius 2 is 1.62 bits per heavy atom. The molecule has 4 nitrogen and oxygen atoms in total. The number of phenolic OH excluding ortho intramolecular Hbond substituents is 2. The van der Waals surface area contributed by atoms with Crippen LogP contribution in [-0.4, -0.2) is 15.3 Å². The summed E-state index contributed by atoms with van der Waals surface area (Å²) in [7, 11) is 0. The molecular weight excluding hydrogens is 268 g/mol. The summed E-state index contributed by atoms with van der Waals surface area (Å²) in [5, 5.41) is 29.1. The molecule has 0 unspecified atom stereocenters. The number of rotatable bonds is 1. The number of hydrogen-bond acceptors (Lipinski definition) is 4. The van der Waals surface area contributed by atoms with Gasteiger partial charge in [-0.15, -0.1) is 0 Å². The van der Waals surface area contributed by atoms with Crippen LogP contribution in [0.15, 0.2) is 36.1 Å². The van der Waals surface area contributed by atoms with Crippen molar-refractivity contribution in [1.82, 2.24) is 0 Å². The number of phenols is 2. The molecule has 0 fully saturated rings. The zero-order valence-electron chi connectivity index (χ0n) is 11.8. The number of aromatic hydroxyl groups is 2. The molecule has 0 aliphatic carbocycles. The third-order valence-corrected chi connectivity index (χ3v) is 3.75. The fourth-order valence-electron chi connectivity index (χ4n) is 2.40. The van der Waals surface area contributed by atoms with E-state index in [-0.39, 0.29) is 17.3 Å². The molecular formula is C17H16O4. The fraction of sp³-hybridized carbons (Fsp3) is 0.176. The lowest BCUT2D eigenvalue weighted by molar-refractivity contribution is 0.357. The molecule has 0 aromatic heterocycles. The highest BCUT2D eigenvalue weighted by molar-refractivity contribution is 5.69. The maximum absolute atomic E-state index is 10.2. The molecule has 0 amide bonds. The Balaban J connectivity index is 2.04. The minimum Gasteiger partial charge on any atom is -0.508 e. The number of aryl methyl sites for hydroxylation is 2. The first-order chi connectivity index (χ1) is 9.95. The van der Waals surface area contributed by atoms with E-state index in [1.54, 1.807) is 6.07 Å². The van der Waals surface area contributed by atoms with E-state index in [1.807, 2.05) is 26.0 Å². The number of aliphatic hydroxyl groups is 1. The Labute approximate surface area is 122 Å². The van der Waals surface area contributed by atoms with Crippen molar-refractivity contribution in [2.24, 2.45) is 0 Å². The summed E-state index contributed by atoms with van der Waals surface area (Å²) >= 11 is 0. The highest BCUT2D eigenvalue weighted by Crippen LogP contribution is 2.37. The van der Waals surface area contributed by atoms with Gasteiger partial charge in [-0.2, -0.15) is 0 Å². The molecule has 3 rings (SSSR count). The summed E-state index contributed by atoms with van der Waals surface area (Å²) in [5.74, 6) is 0.666. The standard InChI is InChI=1S/C17H16O4/c1-9-5-12-8-15(20)17(21-16(12)6-10(9)2)11-3-4-13(18)14(19)7-11/h3-7,18-20H,8H2,1-2H3. The predicted molar refractivity (Wildman–Crippen MR) is 79.6 cm³/mol. The molecule has 0 radical (unpaired) electrons. The topological polar surface area (TPSA) is 69.9 Å². The zero-order valence-corrected chi connectivity index (χ0v) is 11.8. The molecule has 0 atom stereocenters. The van der Waals surface area contributed by atoms with Gasteiger partial charge < -0.3 is 20.1 Å². The van der Waals surface area contributed by atoms with Gasteiger partial charge in [0.25, 0.3) is 0 Å². The van der Waals surface area contributed by atoms with Crippen molar-refractivity contribution in [3.8, 4) is 17.2 Å². The van der Waals surface area contributed by atoms with Crippen molar-refractivity contribution in [3.05, 3.63) is 58.3 Å². The smallest absolute Gasteiger partial charge is 0.172 e. The van der Waals surface area contributed by atoms with Gasteiger partial charge in [0, 0.05) is 17.5 Å². The summed E-state index contributed by atoms with van der Waals surface area (Å²) in [6, 6.07) is 8.27. The highest BCUT2D eigenvalue weighted by atomic mass is 16.5. The largest absolute Gasteiger partial charge is 0.508 e. The quantitative estimate of drug-likeness (QED) is 0.700. The van der Waals surface area contributed by atoms with Gasteiger partial charge in [0.15, 0.2) is 17.3 Å². The Kier molecular flexibility index (Phi) is 3.01. The fourth-order valence-corrected chi connectivity index (χ4v) is 2.40. The molecule has 0 bridgehead atoms. The second-order valence-corrected chi connectivity index (χ2v) is 5.30. The van der Waals surface area contributed by atoms with Crippen LogP contribution in [0.4, 0.5) is 0 Å². The summed E-state index contributed by atoms with van der Waals surface area (Å²) < 4.78 is 5.80. The lowest BCUT2D eigenvalue weighted by atomic mass is 9.99. The van der Waals surface area contributed by atoms with Crippen LogP contribution in [0.1, 0.15) is 22.3 Å². The number of ether oxygens (including phenoxy) is 1. The SMILES string of the molecule is Cc1cc2c(cc1C)OC(c1ccc(O)c(O)c1)=C(O)C2. The Morgan fingerprint density at radius 1 is 0.905 bits per heavy atom. The van der Waals surface area contributed by atoms with Gasteiger partial charge in [-0.05, 0) is 49.2 Å². The highest BCUT2D eigenvalue weighted by Gasteiger charge is 2.22. The van der Waals surface area contributed by atoms with Gasteiger partial charge in [0.05, 0.1) is 0 Å². The van der Waals surface area contributed by atoms with Crippen molar-refractivity contribution in [2.75, 3.05) is 0 Å². The van der Waals surface area contributed by atoms with E-state index in [4.69, 9.17) is 4.74 Å². The van der Waals surface area contributed by atoms with Crippen molar-refractivity contribution >= 4 is 5.76 Å². The normalized spacial score (nSPS) is 13.8. The molecule has 1 heterocycles. The van der Waals surface area contributed by atoms with Crippen LogP contribution >= 0.6 is 0 Å². The predicted octanol–water partition coefficient (Wildman–Crippen LogP) is 3.58. The van der Waals surface area contributed by atoms with Crippen LogP contribution in [0, 0.1) is 13.8 Å². The first-order valence-corrected chi connectivity index (χ1v) is 6.68. The monoisotopic (exact) mass is 284 g/mol. The molecule has 1 aliphatic heterocycles. The van der Waals surface area contributed by atoms with Crippen LogP contribution in [0.25, 0.3) is 5.76 Å². The van der Waals surface area contributed by atoms with E-state index in [1.165, 1.54) is 12.1 Å². The maximum Gasteiger partial charge on any atom is 0.172 e. The van der Waals surface area contributed by atoms with E-state index in [2.05, 4.69) is 0 Å². The Bertz CT molecular complexity index is 760. The van der Waals surface area contributed by atoms with Gasteiger partial charge in [-0.3, -0.25) is 0 Å². The molecule has 3 N–H and O–H groups in total. The average Bonchev–Trinajstić information content (AvgIpc) is 2.43. The van der Waals surface area contributed by atoms with Gasteiger partial charge in [-0.1, -0.05) is 6.07 Å². The first-order valence-electron chi connectivity index (χ1n) is 6.68. The van der Waals surface area contributed by atoms with Gasteiger partial charge in [-0.25, -0.2) is 0 Å². The number of allylic oxidation sites excluding steroid dienone is 1. The van der Waals surface area contributed by atoms with E-state index in [0.717, 1.165) is 16.7 Å². The van der Waals surface area contributed by atoms with E-state index in [9.17, 15) is 15.3 Å². The Morgan fingerprint density at radius 3 is 2.33 bits per heavy atom.